The second kappa shape index (κ2) is 4.11. The Bertz CT molecular complexity index is 306. The Morgan fingerprint density at radius 1 is 1.62 bits per heavy atom. The molecule has 1 aromatic heterocycles. The van der Waals surface area contributed by atoms with E-state index < -0.39 is 11.9 Å². The van der Waals surface area contributed by atoms with Gasteiger partial charge in [-0.1, -0.05) is 25.4 Å². The predicted octanol–water partition coefficient (Wildman–Crippen LogP) is 3.23. The Balaban J connectivity index is 3.02. The maximum Gasteiger partial charge on any atom is 0.311 e. The third kappa shape index (κ3) is 2.23. The second-order valence-electron chi connectivity index (χ2n) is 3.21. The van der Waals surface area contributed by atoms with Crippen molar-refractivity contribution in [1.29, 1.82) is 0 Å². The first-order chi connectivity index (χ1) is 6.04. The molecule has 0 aromatic carbocycles. The highest BCUT2D eigenvalue weighted by Gasteiger charge is 2.26. The third-order valence-corrected chi connectivity index (χ3v) is 3.11. The lowest BCUT2D eigenvalue weighted by Crippen LogP contribution is -2.16. The summed E-state index contributed by atoms with van der Waals surface area (Å²) in [6.45, 7) is 3.76. The van der Waals surface area contributed by atoms with E-state index in [1.54, 1.807) is 6.07 Å². The number of thiophene rings is 1. The normalized spacial score (nSPS) is 13.2. The van der Waals surface area contributed by atoms with Crippen LogP contribution in [0.3, 0.4) is 0 Å². The summed E-state index contributed by atoms with van der Waals surface area (Å²) in [6, 6.07) is 1.78. The summed E-state index contributed by atoms with van der Waals surface area (Å²) < 4.78 is 0.584. The van der Waals surface area contributed by atoms with Crippen LogP contribution in [0.2, 0.25) is 4.34 Å². The molecular formula is C9H11ClO2S. The molecule has 0 fully saturated rings. The summed E-state index contributed by atoms with van der Waals surface area (Å²) in [5.41, 5.74) is 0.731. The Kier molecular flexibility index (Phi) is 3.33. The van der Waals surface area contributed by atoms with E-state index in [9.17, 15) is 4.79 Å². The van der Waals surface area contributed by atoms with Crippen LogP contribution in [0.4, 0.5) is 0 Å². The van der Waals surface area contributed by atoms with Crippen molar-refractivity contribution in [2.45, 2.75) is 19.8 Å². The first-order valence-electron chi connectivity index (χ1n) is 3.99. The molecule has 1 atom stereocenters. The van der Waals surface area contributed by atoms with Gasteiger partial charge in [-0.05, 0) is 22.9 Å². The van der Waals surface area contributed by atoms with Crippen molar-refractivity contribution in [2.24, 2.45) is 5.92 Å². The van der Waals surface area contributed by atoms with E-state index in [1.807, 2.05) is 19.2 Å². The lowest BCUT2D eigenvalue weighted by molar-refractivity contribution is -0.139. The van der Waals surface area contributed by atoms with Crippen molar-refractivity contribution in [3.05, 3.63) is 21.3 Å². The average Bonchev–Trinajstić information content (AvgIpc) is 2.35. The smallest absolute Gasteiger partial charge is 0.311 e. The summed E-state index contributed by atoms with van der Waals surface area (Å²) in [4.78, 5) is 10.9. The fourth-order valence-electron chi connectivity index (χ4n) is 1.30. The van der Waals surface area contributed by atoms with Crippen molar-refractivity contribution >= 4 is 28.9 Å². The summed E-state index contributed by atoms with van der Waals surface area (Å²) in [6.07, 6.45) is 0. The van der Waals surface area contributed by atoms with Crippen LogP contribution in [-0.4, -0.2) is 11.1 Å². The van der Waals surface area contributed by atoms with Gasteiger partial charge in [0, 0.05) is 0 Å². The van der Waals surface area contributed by atoms with Crippen molar-refractivity contribution < 1.29 is 9.90 Å². The van der Waals surface area contributed by atoms with E-state index in [2.05, 4.69) is 0 Å². The van der Waals surface area contributed by atoms with E-state index in [0.29, 0.717) is 4.34 Å². The molecule has 0 amide bonds. The van der Waals surface area contributed by atoms with Gasteiger partial charge < -0.3 is 5.11 Å². The molecule has 1 aromatic rings. The lowest BCUT2D eigenvalue weighted by atomic mass is 9.90. The quantitative estimate of drug-likeness (QED) is 0.846. The molecule has 0 bridgehead atoms. The number of hydrogen-bond donors (Lipinski definition) is 1. The highest BCUT2D eigenvalue weighted by atomic mass is 35.5. The third-order valence-electron chi connectivity index (χ3n) is 1.91. The van der Waals surface area contributed by atoms with Crippen LogP contribution in [0.25, 0.3) is 0 Å². The standard InChI is InChI=1S/C9H11ClO2S/c1-5(2)7(9(11)12)6-3-4-13-8(6)10/h3-5,7H,1-2H3,(H,11,12). The zero-order valence-corrected chi connectivity index (χ0v) is 9.02. The van der Waals surface area contributed by atoms with Crippen LogP contribution in [-0.2, 0) is 4.79 Å². The van der Waals surface area contributed by atoms with Gasteiger partial charge in [0.05, 0.1) is 10.3 Å². The van der Waals surface area contributed by atoms with Gasteiger partial charge in [-0.15, -0.1) is 11.3 Å². The minimum absolute atomic E-state index is 0.0598. The first kappa shape index (κ1) is 10.5. The van der Waals surface area contributed by atoms with Gasteiger partial charge in [-0.2, -0.15) is 0 Å². The van der Waals surface area contributed by atoms with Crippen LogP contribution in [0.5, 0.6) is 0 Å². The van der Waals surface area contributed by atoms with Gasteiger partial charge in [-0.3, -0.25) is 4.79 Å². The average molecular weight is 219 g/mol. The number of aliphatic carboxylic acids is 1. The molecule has 1 N–H and O–H groups in total. The van der Waals surface area contributed by atoms with Gasteiger partial charge in [-0.25, -0.2) is 0 Å². The van der Waals surface area contributed by atoms with E-state index in [-0.39, 0.29) is 5.92 Å². The molecule has 0 aliphatic carbocycles. The maximum atomic E-state index is 10.9. The molecule has 0 aliphatic heterocycles. The van der Waals surface area contributed by atoms with Gasteiger partial charge in [0.2, 0.25) is 0 Å². The number of carbonyl (C=O) groups is 1. The Hall–Kier alpha value is -0.540. The van der Waals surface area contributed by atoms with Crippen molar-refractivity contribution in [3.8, 4) is 0 Å². The van der Waals surface area contributed by atoms with Crippen LogP contribution in [0.1, 0.15) is 25.3 Å². The fourth-order valence-corrected chi connectivity index (χ4v) is 2.30. The summed E-state index contributed by atoms with van der Waals surface area (Å²) in [7, 11) is 0. The molecule has 0 saturated carbocycles. The molecule has 1 unspecified atom stereocenters. The molecule has 13 heavy (non-hydrogen) atoms. The van der Waals surface area contributed by atoms with Gasteiger partial charge >= 0.3 is 5.97 Å². The second-order valence-corrected chi connectivity index (χ2v) is 4.73. The van der Waals surface area contributed by atoms with Gasteiger partial charge in [0.25, 0.3) is 0 Å². The topological polar surface area (TPSA) is 37.3 Å². The number of rotatable bonds is 3. The number of carboxylic acids is 1. The number of hydrogen-bond acceptors (Lipinski definition) is 2. The van der Waals surface area contributed by atoms with Crippen LogP contribution in [0, 0.1) is 5.92 Å². The molecule has 0 radical (unpaired) electrons. The Labute approximate surface area is 86.2 Å². The van der Waals surface area contributed by atoms with Crippen LogP contribution < -0.4 is 0 Å². The minimum Gasteiger partial charge on any atom is -0.481 e. The number of halogens is 1. The monoisotopic (exact) mass is 218 g/mol. The van der Waals surface area contributed by atoms with Crippen molar-refractivity contribution in [2.75, 3.05) is 0 Å². The van der Waals surface area contributed by atoms with E-state index in [1.165, 1.54) is 11.3 Å². The molecule has 1 heterocycles. The molecule has 0 spiro atoms. The zero-order valence-electron chi connectivity index (χ0n) is 7.45. The minimum atomic E-state index is -0.810. The van der Waals surface area contributed by atoms with E-state index in [4.69, 9.17) is 16.7 Å². The van der Waals surface area contributed by atoms with Gasteiger partial charge in [0.15, 0.2) is 0 Å². The Morgan fingerprint density at radius 2 is 2.23 bits per heavy atom. The maximum absolute atomic E-state index is 10.9. The zero-order chi connectivity index (χ0) is 10.0. The van der Waals surface area contributed by atoms with Crippen LogP contribution >= 0.6 is 22.9 Å². The highest BCUT2D eigenvalue weighted by molar-refractivity contribution is 7.14. The van der Waals surface area contributed by atoms with E-state index >= 15 is 0 Å². The van der Waals surface area contributed by atoms with Crippen molar-refractivity contribution in [1.82, 2.24) is 0 Å². The largest absolute Gasteiger partial charge is 0.481 e. The summed E-state index contributed by atoms with van der Waals surface area (Å²) >= 11 is 7.25. The summed E-state index contributed by atoms with van der Waals surface area (Å²) in [5, 5.41) is 10.8. The molecule has 72 valence electrons. The molecule has 0 saturated heterocycles. The fraction of sp³-hybridized carbons (Fsp3) is 0.444. The molecule has 2 nitrogen and oxygen atoms in total. The lowest BCUT2D eigenvalue weighted by Gasteiger charge is -2.15. The Morgan fingerprint density at radius 3 is 2.54 bits per heavy atom. The van der Waals surface area contributed by atoms with Crippen LogP contribution in [0.15, 0.2) is 11.4 Å². The van der Waals surface area contributed by atoms with Crippen molar-refractivity contribution in [3.63, 3.8) is 0 Å². The highest BCUT2D eigenvalue weighted by Crippen LogP contribution is 2.33. The first-order valence-corrected chi connectivity index (χ1v) is 5.25. The predicted molar refractivity (Wildman–Crippen MR) is 54.5 cm³/mol. The summed E-state index contributed by atoms with van der Waals surface area (Å²) in [5.74, 6) is -1.24. The van der Waals surface area contributed by atoms with Gasteiger partial charge in [0.1, 0.15) is 0 Å². The molecule has 1 rings (SSSR count). The SMILES string of the molecule is CC(C)C(C(=O)O)c1ccsc1Cl. The van der Waals surface area contributed by atoms with E-state index in [0.717, 1.165) is 5.56 Å². The molecule has 4 heteroatoms. The molecular weight excluding hydrogens is 208 g/mol. The molecule has 0 aliphatic rings. The number of carboxylic acid groups (broad SMARTS) is 1.